The number of rotatable bonds is 7. The number of anilines is 1. The lowest BCUT2D eigenvalue weighted by Gasteiger charge is -2.34. The first-order valence-electron chi connectivity index (χ1n) is 11.8. The lowest BCUT2D eigenvalue weighted by molar-refractivity contribution is -0.155. The van der Waals surface area contributed by atoms with Gasteiger partial charge in [0, 0.05) is 32.8 Å². The number of aromatic nitrogens is 2. The first kappa shape index (κ1) is 23.8. The third-order valence-electron chi connectivity index (χ3n) is 6.40. The zero-order chi connectivity index (χ0) is 24.3. The average molecular weight is 497 g/mol. The van der Waals surface area contributed by atoms with Crippen molar-refractivity contribution in [2.24, 2.45) is 0 Å². The Morgan fingerprint density at radius 3 is 2.49 bits per heavy atom. The Bertz CT molecular complexity index is 1280. The lowest BCUT2D eigenvalue weighted by Crippen LogP contribution is -2.49. The van der Waals surface area contributed by atoms with Crippen molar-refractivity contribution in [3.05, 3.63) is 60.3 Å². The van der Waals surface area contributed by atoms with Gasteiger partial charge in [-0.3, -0.25) is 4.79 Å². The molecule has 1 unspecified atom stereocenters. The molecule has 2 aliphatic rings. The molecule has 3 heterocycles. The Balaban J connectivity index is 1.17. The van der Waals surface area contributed by atoms with Crippen LogP contribution in [0.2, 0.25) is 0 Å². The number of ketones is 1. The number of Topliss-reactive ketones (excluding diaryl/α,β-unsaturated/α-hetero) is 1. The smallest absolute Gasteiger partial charge is 0.243 e. The fourth-order valence-electron chi connectivity index (χ4n) is 4.36. The van der Waals surface area contributed by atoms with Gasteiger partial charge in [0.05, 0.1) is 4.90 Å². The van der Waals surface area contributed by atoms with E-state index < -0.39 is 10.0 Å². The van der Waals surface area contributed by atoms with E-state index in [1.165, 1.54) is 4.31 Å². The van der Waals surface area contributed by atoms with Crippen LogP contribution in [0.3, 0.4) is 0 Å². The first-order valence-corrected chi connectivity index (χ1v) is 13.3. The van der Waals surface area contributed by atoms with Crippen molar-refractivity contribution in [3.63, 3.8) is 0 Å². The van der Waals surface area contributed by atoms with Gasteiger partial charge in [-0.05, 0) is 54.3 Å². The third-order valence-corrected chi connectivity index (χ3v) is 8.29. The van der Waals surface area contributed by atoms with Crippen LogP contribution < -0.4 is 4.90 Å². The number of benzene rings is 2. The van der Waals surface area contributed by atoms with Crippen LogP contribution in [-0.4, -0.2) is 74.4 Å². The number of sulfonamides is 1. The Hall–Kier alpha value is -2.92. The van der Waals surface area contributed by atoms with E-state index in [-0.39, 0.29) is 24.4 Å². The highest BCUT2D eigenvalue weighted by Crippen LogP contribution is 2.24. The molecule has 0 N–H and O–H groups in total. The molecule has 0 aliphatic carbocycles. The zero-order valence-electron chi connectivity index (χ0n) is 19.4. The molecular weight excluding hydrogens is 468 g/mol. The number of fused-ring (bicyclic) bond motifs is 1. The minimum absolute atomic E-state index is 0.0933. The summed E-state index contributed by atoms with van der Waals surface area (Å²) in [5, 5.41) is 10.2. The third kappa shape index (κ3) is 5.35. The summed E-state index contributed by atoms with van der Waals surface area (Å²) >= 11 is 0. The normalized spacial score (nSPS) is 19.7. The van der Waals surface area contributed by atoms with Crippen molar-refractivity contribution < 1.29 is 22.7 Å². The van der Waals surface area contributed by atoms with Gasteiger partial charge in [-0.2, -0.15) is 4.31 Å². The van der Waals surface area contributed by atoms with Gasteiger partial charge in [0.25, 0.3) is 0 Å². The van der Waals surface area contributed by atoms with Crippen LogP contribution in [0, 0.1) is 0 Å². The SMILES string of the molecule is O=C(COC1CCCCO1)c1ccc(N2CCN(S(=O)(=O)c3ccc4ccccc4c3)CC2)nn1. The van der Waals surface area contributed by atoms with E-state index in [1.807, 2.05) is 35.2 Å². The highest BCUT2D eigenvalue weighted by atomic mass is 32.2. The maximum atomic E-state index is 13.2. The van der Waals surface area contributed by atoms with Crippen molar-refractivity contribution in [1.82, 2.24) is 14.5 Å². The molecule has 0 saturated carbocycles. The van der Waals surface area contributed by atoms with Crippen molar-refractivity contribution in [2.45, 2.75) is 30.4 Å². The molecule has 10 heteroatoms. The average Bonchev–Trinajstić information content (AvgIpc) is 2.92. The molecule has 1 atom stereocenters. The van der Waals surface area contributed by atoms with Gasteiger partial charge in [0.1, 0.15) is 12.3 Å². The summed E-state index contributed by atoms with van der Waals surface area (Å²) in [6.45, 7) is 2.21. The number of nitrogens with zero attached hydrogens (tertiary/aromatic N) is 4. The first-order chi connectivity index (χ1) is 17.0. The Morgan fingerprint density at radius 1 is 0.971 bits per heavy atom. The molecule has 5 rings (SSSR count). The van der Waals surface area contributed by atoms with Crippen molar-refractivity contribution >= 4 is 32.4 Å². The second-order valence-corrected chi connectivity index (χ2v) is 10.6. The summed E-state index contributed by atoms with van der Waals surface area (Å²) in [6.07, 6.45) is 2.51. The van der Waals surface area contributed by atoms with Crippen LogP contribution >= 0.6 is 0 Å². The summed E-state index contributed by atoms with van der Waals surface area (Å²) < 4.78 is 38.9. The van der Waals surface area contributed by atoms with Gasteiger partial charge >= 0.3 is 0 Å². The molecule has 2 aromatic carbocycles. The van der Waals surface area contributed by atoms with Gasteiger partial charge in [-0.25, -0.2) is 8.42 Å². The Morgan fingerprint density at radius 2 is 1.77 bits per heavy atom. The minimum Gasteiger partial charge on any atom is -0.353 e. The van der Waals surface area contributed by atoms with Gasteiger partial charge in [-0.1, -0.05) is 30.3 Å². The van der Waals surface area contributed by atoms with Crippen LogP contribution in [0.4, 0.5) is 5.82 Å². The molecule has 184 valence electrons. The molecule has 0 amide bonds. The predicted molar refractivity (Wildman–Crippen MR) is 131 cm³/mol. The Kier molecular flexibility index (Phi) is 7.05. The number of piperazine rings is 1. The topological polar surface area (TPSA) is 102 Å². The summed E-state index contributed by atoms with van der Waals surface area (Å²) in [5.41, 5.74) is 0.238. The predicted octanol–water partition coefficient (Wildman–Crippen LogP) is 2.87. The van der Waals surface area contributed by atoms with E-state index in [2.05, 4.69) is 10.2 Å². The molecule has 3 aromatic rings. The summed E-state index contributed by atoms with van der Waals surface area (Å²) in [5.74, 6) is 0.366. The van der Waals surface area contributed by atoms with E-state index in [4.69, 9.17) is 9.47 Å². The molecule has 2 fully saturated rings. The van der Waals surface area contributed by atoms with Crippen LogP contribution in [0.1, 0.15) is 29.8 Å². The molecule has 0 radical (unpaired) electrons. The second kappa shape index (κ2) is 10.4. The van der Waals surface area contributed by atoms with Crippen LogP contribution in [0.5, 0.6) is 0 Å². The quantitative estimate of drug-likeness (QED) is 0.460. The highest BCUT2D eigenvalue weighted by molar-refractivity contribution is 7.89. The zero-order valence-corrected chi connectivity index (χ0v) is 20.2. The lowest BCUT2D eigenvalue weighted by atomic mass is 10.1. The number of ether oxygens (including phenoxy) is 2. The van der Waals surface area contributed by atoms with E-state index in [1.54, 1.807) is 24.3 Å². The maximum absolute atomic E-state index is 13.2. The fourth-order valence-corrected chi connectivity index (χ4v) is 5.82. The summed E-state index contributed by atoms with van der Waals surface area (Å²) in [6, 6.07) is 16.3. The maximum Gasteiger partial charge on any atom is 0.243 e. The number of hydrogen-bond acceptors (Lipinski definition) is 8. The van der Waals surface area contributed by atoms with E-state index in [9.17, 15) is 13.2 Å². The highest BCUT2D eigenvalue weighted by Gasteiger charge is 2.29. The van der Waals surface area contributed by atoms with E-state index in [0.717, 1.165) is 30.0 Å². The molecule has 0 bridgehead atoms. The number of carbonyl (C=O) groups is 1. The standard InChI is InChI=1S/C25H28N4O5S/c30-23(18-34-25-7-3-4-16-33-25)22-10-11-24(27-26-22)28-12-14-29(15-13-28)35(31,32)21-9-8-19-5-1-2-6-20(19)17-21/h1-2,5-6,8-11,17,25H,3-4,7,12-16,18H2. The van der Waals surface area contributed by atoms with Gasteiger partial charge < -0.3 is 14.4 Å². The molecule has 2 aliphatic heterocycles. The van der Waals surface area contributed by atoms with Crippen LogP contribution in [0.15, 0.2) is 59.5 Å². The molecule has 0 spiro atoms. The van der Waals surface area contributed by atoms with Crippen molar-refractivity contribution in [1.29, 1.82) is 0 Å². The summed E-state index contributed by atoms with van der Waals surface area (Å²) in [7, 11) is -3.59. The van der Waals surface area contributed by atoms with E-state index >= 15 is 0 Å². The largest absolute Gasteiger partial charge is 0.353 e. The molecule has 2 saturated heterocycles. The van der Waals surface area contributed by atoms with Gasteiger partial charge in [-0.15, -0.1) is 10.2 Å². The second-order valence-electron chi connectivity index (χ2n) is 8.71. The Labute approximate surface area is 204 Å². The molecule has 35 heavy (non-hydrogen) atoms. The van der Waals surface area contributed by atoms with Crippen molar-refractivity contribution in [3.8, 4) is 0 Å². The number of hydrogen-bond donors (Lipinski definition) is 0. The van der Waals surface area contributed by atoms with Gasteiger partial charge in [0.2, 0.25) is 15.8 Å². The summed E-state index contributed by atoms with van der Waals surface area (Å²) in [4.78, 5) is 14.6. The van der Waals surface area contributed by atoms with E-state index in [0.29, 0.717) is 43.5 Å². The van der Waals surface area contributed by atoms with Crippen LogP contribution in [0.25, 0.3) is 10.8 Å². The van der Waals surface area contributed by atoms with Gasteiger partial charge in [0.15, 0.2) is 12.1 Å². The van der Waals surface area contributed by atoms with Crippen LogP contribution in [-0.2, 0) is 19.5 Å². The number of carbonyl (C=O) groups excluding carboxylic acids is 1. The minimum atomic E-state index is -3.59. The molecular formula is C25H28N4O5S. The molecule has 9 nitrogen and oxygen atoms in total. The fraction of sp³-hybridized carbons (Fsp3) is 0.400. The monoisotopic (exact) mass is 496 g/mol. The van der Waals surface area contributed by atoms with Crippen molar-refractivity contribution in [2.75, 3.05) is 44.3 Å². The molecule has 1 aromatic heterocycles.